The first-order valence-electron chi connectivity index (χ1n) is 5.27. The minimum atomic E-state index is -0.267. The molecule has 1 heterocycles. The Kier molecular flexibility index (Phi) is 5.31. The van der Waals surface area contributed by atoms with Crippen molar-refractivity contribution in [3.05, 3.63) is 18.2 Å². The van der Waals surface area contributed by atoms with Crippen LogP contribution in [0.2, 0.25) is 0 Å². The second-order valence-corrected chi connectivity index (χ2v) is 3.48. The van der Waals surface area contributed by atoms with Crippen molar-refractivity contribution in [3.8, 4) is 0 Å². The van der Waals surface area contributed by atoms with E-state index in [1.807, 2.05) is 6.20 Å². The van der Waals surface area contributed by atoms with Crippen LogP contribution < -0.4 is 5.32 Å². The molecule has 86 valence electrons. The van der Waals surface area contributed by atoms with Gasteiger partial charge in [-0.15, -0.1) is 0 Å². The summed E-state index contributed by atoms with van der Waals surface area (Å²) in [5.74, 6) is 0.934. The molecule has 0 radical (unpaired) electrons. The van der Waals surface area contributed by atoms with Gasteiger partial charge in [-0.05, 0) is 6.42 Å². The molecule has 0 saturated heterocycles. The Labute approximate surface area is 89.8 Å². The summed E-state index contributed by atoms with van der Waals surface area (Å²) in [6.45, 7) is 3.50. The molecule has 1 aromatic heterocycles. The Morgan fingerprint density at radius 2 is 2.20 bits per heavy atom. The van der Waals surface area contributed by atoms with E-state index in [0.29, 0.717) is 6.54 Å². The molecule has 0 spiro atoms. The highest BCUT2D eigenvalue weighted by molar-refractivity contribution is 4.92. The summed E-state index contributed by atoms with van der Waals surface area (Å²) in [5.41, 5.74) is 0. The van der Waals surface area contributed by atoms with Gasteiger partial charge in [-0.25, -0.2) is 4.98 Å². The third-order valence-corrected chi connectivity index (χ3v) is 2.26. The molecule has 0 saturated carbocycles. The minimum Gasteiger partial charge on any atom is -0.395 e. The van der Waals surface area contributed by atoms with Gasteiger partial charge in [0.2, 0.25) is 0 Å². The van der Waals surface area contributed by atoms with Gasteiger partial charge in [-0.3, -0.25) is 0 Å². The van der Waals surface area contributed by atoms with Gasteiger partial charge in [0.1, 0.15) is 5.82 Å². The maximum Gasteiger partial charge on any atom is 0.122 e. The number of rotatable bonds is 7. The van der Waals surface area contributed by atoms with E-state index >= 15 is 0 Å². The van der Waals surface area contributed by atoms with Gasteiger partial charge in [0.05, 0.1) is 25.8 Å². The third-order valence-electron chi connectivity index (χ3n) is 2.26. The van der Waals surface area contributed by atoms with Crippen molar-refractivity contribution in [2.75, 3.05) is 13.2 Å². The lowest BCUT2D eigenvalue weighted by Crippen LogP contribution is -2.35. The maximum atomic E-state index is 8.88. The normalized spacial score (nSPS) is 11.2. The first kappa shape index (κ1) is 12.2. The third kappa shape index (κ3) is 3.62. The molecule has 1 aromatic rings. The Balaban J connectivity index is 2.45. The maximum absolute atomic E-state index is 8.88. The molecule has 1 rings (SSSR count). The van der Waals surface area contributed by atoms with Crippen LogP contribution in [0.1, 0.15) is 19.2 Å². The van der Waals surface area contributed by atoms with Gasteiger partial charge in [0, 0.05) is 18.9 Å². The van der Waals surface area contributed by atoms with Crippen molar-refractivity contribution in [1.82, 2.24) is 14.9 Å². The molecule has 0 amide bonds. The predicted octanol–water partition coefficient (Wildman–Crippen LogP) is -0.264. The predicted molar refractivity (Wildman–Crippen MR) is 57.3 cm³/mol. The number of hydrogen-bond acceptors (Lipinski definition) is 4. The number of imidazole rings is 1. The molecule has 5 nitrogen and oxygen atoms in total. The number of aromatic nitrogens is 2. The molecule has 0 aromatic carbocycles. The van der Waals surface area contributed by atoms with Crippen LogP contribution >= 0.6 is 0 Å². The number of aryl methyl sites for hydroxylation is 1. The largest absolute Gasteiger partial charge is 0.395 e. The molecule has 15 heavy (non-hydrogen) atoms. The summed E-state index contributed by atoms with van der Waals surface area (Å²) in [6, 6.07) is -0.267. The van der Waals surface area contributed by atoms with E-state index in [1.54, 1.807) is 6.20 Å². The Morgan fingerprint density at radius 3 is 2.80 bits per heavy atom. The van der Waals surface area contributed by atoms with Gasteiger partial charge >= 0.3 is 0 Å². The molecule has 0 fully saturated rings. The monoisotopic (exact) mass is 213 g/mol. The number of aliphatic hydroxyl groups is 2. The van der Waals surface area contributed by atoms with Crippen LogP contribution in [0.15, 0.2) is 12.4 Å². The molecule has 5 heteroatoms. The molecule has 0 atom stereocenters. The van der Waals surface area contributed by atoms with Gasteiger partial charge in [0.15, 0.2) is 0 Å². The van der Waals surface area contributed by atoms with Crippen LogP contribution in [-0.4, -0.2) is 39.0 Å². The summed E-state index contributed by atoms with van der Waals surface area (Å²) >= 11 is 0. The summed E-state index contributed by atoms with van der Waals surface area (Å²) in [6.07, 6.45) is 4.76. The van der Waals surface area contributed by atoms with E-state index < -0.39 is 0 Å². The molecule has 0 aliphatic heterocycles. The Morgan fingerprint density at radius 1 is 1.47 bits per heavy atom. The van der Waals surface area contributed by atoms with Gasteiger partial charge in [-0.2, -0.15) is 0 Å². The molecule has 0 bridgehead atoms. The van der Waals surface area contributed by atoms with Gasteiger partial charge in [0.25, 0.3) is 0 Å². The molecule has 0 aliphatic rings. The topological polar surface area (TPSA) is 70.3 Å². The zero-order chi connectivity index (χ0) is 11.1. The number of hydrogen-bond donors (Lipinski definition) is 3. The summed E-state index contributed by atoms with van der Waals surface area (Å²) in [5, 5.41) is 20.8. The van der Waals surface area contributed by atoms with E-state index in [0.717, 1.165) is 18.8 Å². The number of nitrogens with one attached hydrogen (secondary N) is 1. The van der Waals surface area contributed by atoms with E-state index in [9.17, 15) is 0 Å². The van der Waals surface area contributed by atoms with E-state index in [2.05, 4.69) is 21.8 Å². The second-order valence-electron chi connectivity index (χ2n) is 3.48. The van der Waals surface area contributed by atoms with Crippen LogP contribution in [0.5, 0.6) is 0 Å². The average Bonchev–Trinajstić information content (AvgIpc) is 2.68. The van der Waals surface area contributed by atoms with Gasteiger partial charge < -0.3 is 20.1 Å². The highest BCUT2D eigenvalue weighted by Gasteiger charge is 2.07. The van der Waals surface area contributed by atoms with Crippen molar-refractivity contribution in [2.24, 2.45) is 0 Å². The quantitative estimate of drug-likeness (QED) is 0.583. The van der Waals surface area contributed by atoms with Gasteiger partial charge in [-0.1, -0.05) is 6.92 Å². The zero-order valence-corrected chi connectivity index (χ0v) is 9.06. The highest BCUT2D eigenvalue weighted by atomic mass is 16.3. The first-order chi connectivity index (χ1) is 7.31. The van der Waals surface area contributed by atoms with Crippen molar-refractivity contribution in [2.45, 2.75) is 32.5 Å². The fourth-order valence-corrected chi connectivity index (χ4v) is 1.37. The first-order valence-corrected chi connectivity index (χ1v) is 5.27. The van der Waals surface area contributed by atoms with Crippen molar-refractivity contribution < 1.29 is 10.2 Å². The average molecular weight is 213 g/mol. The van der Waals surface area contributed by atoms with Crippen LogP contribution in [0.4, 0.5) is 0 Å². The van der Waals surface area contributed by atoms with Crippen molar-refractivity contribution in [3.63, 3.8) is 0 Å². The Bertz CT molecular complexity index is 271. The SMILES string of the molecule is CCCn1ccnc1CNC(CO)CO. The lowest BCUT2D eigenvalue weighted by Gasteiger charge is -2.13. The van der Waals surface area contributed by atoms with Crippen LogP contribution in [0.25, 0.3) is 0 Å². The summed E-state index contributed by atoms with van der Waals surface area (Å²) in [7, 11) is 0. The molecular formula is C10H19N3O2. The molecule has 0 unspecified atom stereocenters. The smallest absolute Gasteiger partial charge is 0.122 e. The highest BCUT2D eigenvalue weighted by Crippen LogP contribution is 1.99. The fourth-order valence-electron chi connectivity index (χ4n) is 1.37. The van der Waals surface area contributed by atoms with E-state index in [-0.39, 0.29) is 19.3 Å². The molecule has 3 N–H and O–H groups in total. The lowest BCUT2D eigenvalue weighted by atomic mass is 10.3. The fraction of sp³-hybridized carbons (Fsp3) is 0.700. The van der Waals surface area contributed by atoms with Crippen LogP contribution in [0, 0.1) is 0 Å². The van der Waals surface area contributed by atoms with E-state index in [4.69, 9.17) is 10.2 Å². The molecular weight excluding hydrogens is 194 g/mol. The number of aliphatic hydroxyl groups excluding tert-OH is 2. The number of nitrogens with zero attached hydrogens (tertiary/aromatic N) is 2. The zero-order valence-electron chi connectivity index (χ0n) is 9.06. The Hall–Kier alpha value is -0.910. The standard InChI is InChI=1S/C10H19N3O2/c1-2-4-13-5-3-11-10(13)6-12-9(7-14)8-15/h3,5,9,12,14-15H,2,4,6-8H2,1H3. The van der Waals surface area contributed by atoms with E-state index in [1.165, 1.54) is 0 Å². The lowest BCUT2D eigenvalue weighted by molar-refractivity contribution is 0.169. The summed E-state index contributed by atoms with van der Waals surface area (Å²) in [4.78, 5) is 4.21. The minimum absolute atomic E-state index is 0.0645. The molecule has 0 aliphatic carbocycles. The van der Waals surface area contributed by atoms with Crippen LogP contribution in [0.3, 0.4) is 0 Å². The summed E-state index contributed by atoms with van der Waals surface area (Å²) < 4.78 is 2.07. The van der Waals surface area contributed by atoms with Crippen LogP contribution in [-0.2, 0) is 13.1 Å². The second kappa shape index (κ2) is 6.55. The van der Waals surface area contributed by atoms with Crippen molar-refractivity contribution >= 4 is 0 Å². The van der Waals surface area contributed by atoms with Crippen molar-refractivity contribution in [1.29, 1.82) is 0 Å².